The van der Waals surface area contributed by atoms with E-state index in [4.69, 9.17) is 16.3 Å². The lowest BCUT2D eigenvalue weighted by atomic mass is 10.0. The molecule has 0 unspecified atom stereocenters. The third kappa shape index (κ3) is 4.48. The van der Waals surface area contributed by atoms with Crippen molar-refractivity contribution in [3.05, 3.63) is 62.2 Å². The van der Waals surface area contributed by atoms with Crippen molar-refractivity contribution in [1.29, 1.82) is 0 Å². The van der Waals surface area contributed by atoms with E-state index < -0.39 is 11.0 Å². The molecule has 0 aliphatic carbocycles. The lowest BCUT2D eigenvalue weighted by molar-refractivity contribution is -0.386. The highest BCUT2D eigenvalue weighted by Gasteiger charge is 2.22. The van der Waals surface area contributed by atoms with Crippen LogP contribution in [-0.4, -0.2) is 16.9 Å². The molecule has 2 aromatic carbocycles. The molecule has 2 aromatic rings. The van der Waals surface area contributed by atoms with E-state index in [2.05, 4.69) is 5.32 Å². The number of carbonyl (C=O) groups is 1. The lowest BCUT2D eigenvalue weighted by Gasteiger charge is -2.17. The Bertz CT molecular complexity index is 813. The molecule has 0 fully saturated rings. The van der Waals surface area contributed by atoms with Crippen molar-refractivity contribution in [2.75, 3.05) is 5.32 Å². The zero-order valence-corrected chi connectivity index (χ0v) is 15.2. The van der Waals surface area contributed by atoms with Gasteiger partial charge in [0.05, 0.1) is 4.92 Å². The molecule has 0 bridgehead atoms. The molecular formula is C18H19ClN2O4. The topological polar surface area (TPSA) is 81.5 Å². The maximum atomic E-state index is 12.4. The normalized spacial score (nSPS) is 11.7. The fraction of sp³-hybridized carbons (Fsp3) is 0.278. The Balaban J connectivity index is 2.18. The van der Waals surface area contributed by atoms with E-state index in [-0.39, 0.29) is 22.4 Å². The first-order chi connectivity index (χ1) is 11.7. The van der Waals surface area contributed by atoms with Crippen LogP contribution in [-0.2, 0) is 4.79 Å². The van der Waals surface area contributed by atoms with Gasteiger partial charge in [-0.25, -0.2) is 0 Å². The molecule has 1 atom stereocenters. The van der Waals surface area contributed by atoms with Crippen molar-refractivity contribution < 1.29 is 14.5 Å². The van der Waals surface area contributed by atoms with Gasteiger partial charge in [0.1, 0.15) is 0 Å². The van der Waals surface area contributed by atoms with Gasteiger partial charge in [0.15, 0.2) is 11.9 Å². The van der Waals surface area contributed by atoms with Gasteiger partial charge in [-0.05, 0) is 51.0 Å². The van der Waals surface area contributed by atoms with E-state index in [0.29, 0.717) is 0 Å². The Morgan fingerprint density at radius 3 is 2.36 bits per heavy atom. The maximum Gasteiger partial charge on any atom is 0.312 e. The van der Waals surface area contributed by atoms with Crippen molar-refractivity contribution in [3.8, 4) is 5.75 Å². The van der Waals surface area contributed by atoms with Crippen LogP contribution in [0, 0.1) is 30.9 Å². The monoisotopic (exact) mass is 362 g/mol. The van der Waals surface area contributed by atoms with Crippen LogP contribution in [0.25, 0.3) is 0 Å². The molecule has 0 saturated carbocycles. The first-order valence-corrected chi connectivity index (χ1v) is 8.06. The Morgan fingerprint density at radius 2 is 1.80 bits per heavy atom. The molecule has 0 aliphatic heterocycles. The minimum absolute atomic E-state index is 0.00519. The van der Waals surface area contributed by atoms with Gasteiger partial charge >= 0.3 is 5.69 Å². The molecule has 1 amide bonds. The van der Waals surface area contributed by atoms with Crippen molar-refractivity contribution in [2.45, 2.75) is 33.8 Å². The number of carbonyl (C=O) groups excluding carboxylic acids is 1. The van der Waals surface area contributed by atoms with Gasteiger partial charge in [-0.1, -0.05) is 29.3 Å². The third-order valence-corrected chi connectivity index (χ3v) is 3.95. The smallest absolute Gasteiger partial charge is 0.312 e. The summed E-state index contributed by atoms with van der Waals surface area (Å²) in [5, 5.41) is 14.2. The number of benzene rings is 2. The predicted octanol–water partition coefficient (Wildman–Crippen LogP) is 4.58. The van der Waals surface area contributed by atoms with Gasteiger partial charge in [0, 0.05) is 16.8 Å². The number of hydrogen-bond donors (Lipinski definition) is 1. The van der Waals surface area contributed by atoms with E-state index in [1.165, 1.54) is 25.1 Å². The highest BCUT2D eigenvalue weighted by Crippen LogP contribution is 2.31. The molecular weight excluding hydrogens is 344 g/mol. The number of hydrogen-bond acceptors (Lipinski definition) is 4. The molecule has 0 saturated heterocycles. The van der Waals surface area contributed by atoms with Crippen LogP contribution in [0.4, 0.5) is 11.4 Å². The Hall–Kier alpha value is -2.60. The number of ether oxygens (including phenoxy) is 1. The maximum absolute atomic E-state index is 12.4. The first kappa shape index (κ1) is 18.7. The Morgan fingerprint density at radius 1 is 1.20 bits per heavy atom. The first-order valence-electron chi connectivity index (χ1n) is 7.68. The highest BCUT2D eigenvalue weighted by molar-refractivity contribution is 6.30. The van der Waals surface area contributed by atoms with E-state index in [0.717, 1.165) is 22.4 Å². The van der Waals surface area contributed by atoms with E-state index in [9.17, 15) is 14.9 Å². The van der Waals surface area contributed by atoms with Gasteiger partial charge in [0.25, 0.3) is 5.91 Å². The van der Waals surface area contributed by atoms with E-state index in [1.807, 2.05) is 32.9 Å². The van der Waals surface area contributed by atoms with Crippen LogP contribution in [0.2, 0.25) is 5.02 Å². The van der Waals surface area contributed by atoms with E-state index in [1.54, 1.807) is 0 Å². The second-order valence-electron chi connectivity index (χ2n) is 5.89. The minimum Gasteiger partial charge on any atom is -0.474 e. The fourth-order valence-electron chi connectivity index (χ4n) is 2.58. The molecule has 0 radical (unpaired) electrons. The summed E-state index contributed by atoms with van der Waals surface area (Å²) < 4.78 is 5.49. The third-order valence-electron chi connectivity index (χ3n) is 3.72. The summed E-state index contributed by atoms with van der Waals surface area (Å²) in [5.74, 6) is -0.395. The van der Waals surface area contributed by atoms with Crippen molar-refractivity contribution in [1.82, 2.24) is 0 Å². The number of nitrogens with zero attached hydrogens (tertiary/aromatic N) is 1. The Labute approximate surface area is 150 Å². The van der Waals surface area contributed by atoms with Crippen LogP contribution in [0.15, 0.2) is 30.3 Å². The van der Waals surface area contributed by atoms with E-state index >= 15 is 0 Å². The number of amides is 1. The summed E-state index contributed by atoms with van der Waals surface area (Å²) in [7, 11) is 0. The standard InChI is InChI=1S/C18H19ClN2O4/c1-10-7-11(2)17(12(3)8-10)20-18(22)13(4)25-16-6-5-14(19)9-15(16)21(23)24/h5-9,13H,1-4H3,(H,20,22)/t13-/m1/s1. The second kappa shape index (κ2) is 7.53. The molecule has 0 heterocycles. The van der Waals surface area contributed by atoms with Crippen LogP contribution in [0.3, 0.4) is 0 Å². The fourth-order valence-corrected chi connectivity index (χ4v) is 2.75. The zero-order chi connectivity index (χ0) is 18.7. The predicted molar refractivity (Wildman–Crippen MR) is 97.5 cm³/mol. The molecule has 7 heteroatoms. The van der Waals surface area contributed by atoms with Gasteiger partial charge in [-0.3, -0.25) is 14.9 Å². The largest absolute Gasteiger partial charge is 0.474 e. The number of anilines is 1. The number of halogens is 1. The minimum atomic E-state index is -0.917. The van der Waals surface area contributed by atoms with Gasteiger partial charge in [-0.15, -0.1) is 0 Å². The molecule has 1 N–H and O–H groups in total. The average Bonchev–Trinajstić information content (AvgIpc) is 2.51. The van der Waals surface area contributed by atoms with Crippen LogP contribution in [0.5, 0.6) is 5.75 Å². The summed E-state index contributed by atoms with van der Waals surface area (Å²) in [4.78, 5) is 22.9. The summed E-state index contributed by atoms with van der Waals surface area (Å²) in [6, 6.07) is 7.99. The summed E-state index contributed by atoms with van der Waals surface area (Å²) in [6.45, 7) is 7.33. The van der Waals surface area contributed by atoms with Crippen molar-refractivity contribution in [2.24, 2.45) is 0 Å². The van der Waals surface area contributed by atoms with Crippen LogP contribution in [0.1, 0.15) is 23.6 Å². The van der Waals surface area contributed by atoms with Gasteiger partial charge in [-0.2, -0.15) is 0 Å². The van der Waals surface area contributed by atoms with Crippen LogP contribution >= 0.6 is 11.6 Å². The molecule has 0 aliphatic rings. The zero-order valence-electron chi connectivity index (χ0n) is 14.4. The quantitative estimate of drug-likeness (QED) is 0.623. The van der Waals surface area contributed by atoms with Crippen LogP contribution < -0.4 is 10.1 Å². The molecule has 2 rings (SSSR count). The molecule has 25 heavy (non-hydrogen) atoms. The summed E-state index contributed by atoms with van der Waals surface area (Å²) in [6.07, 6.45) is -0.917. The summed E-state index contributed by atoms with van der Waals surface area (Å²) in [5.41, 5.74) is 3.42. The SMILES string of the molecule is Cc1cc(C)c(NC(=O)[C@@H](C)Oc2ccc(Cl)cc2[N+](=O)[O-])c(C)c1. The molecule has 132 valence electrons. The van der Waals surface area contributed by atoms with Gasteiger partial charge in [0.2, 0.25) is 0 Å². The van der Waals surface area contributed by atoms with Gasteiger partial charge < -0.3 is 10.1 Å². The number of aryl methyl sites for hydroxylation is 3. The number of nitrogens with one attached hydrogen (secondary N) is 1. The second-order valence-corrected chi connectivity index (χ2v) is 6.33. The number of rotatable bonds is 5. The Kier molecular flexibility index (Phi) is 5.64. The average molecular weight is 363 g/mol. The molecule has 6 nitrogen and oxygen atoms in total. The molecule has 0 spiro atoms. The number of nitro groups is 1. The lowest BCUT2D eigenvalue weighted by Crippen LogP contribution is -2.30. The highest BCUT2D eigenvalue weighted by atomic mass is 35.5. The van der Waals surface area contributed by atoms with Crippen molar-refractivity contribution in [3.63, 3.8) is 0 Å². The number of nitro benzene ring substituents is 1. The molecule has 0 aromatic heterocycles. The van der Waals surface area contributed by atoms with Crippen molar-refractivity contribution >= 4 is 28.9 Å². The summed E-state index contributed by atoms with van der Waals surface area (Å²) >= 11 is 5.78.